The average Bonchev–Trinajstić information content (AvgIpc) is 2.40. The van der Waals surface area contributed by atoms with Crippen LogP contribution >= 0.6 is 11.8 Å². The maximum Gasteiger partial charge on any atom is 0.144 e. The molecule has 0 aliphatic carbocycles. The Morgan fingerprint density at radius 3 is 2.82 bits per heavy atom. The van der Waals surface area contributed by atoms with Gasteiger partial charge in [0, 0.05) is 30.8 Å². The van der Waals surface area contributed by atoms with Gasteiger partial charge in [-0.25, -0.2) is 4.98 Å². The van der Waals surface area contributed by atoms with Gasteiger partial charge in [-0.3, -0.25) is 4.98 Å². The molecule has 1 aliphatic heterocycles. The lowest BCUT2D eigenvalue weighted by Crippen LogP contribution is -2.17. The minimum Gasteiger partial charge on any atom is -0.381 e. The molecule has 4 nitrogen and oxygen atoms in total. The van der Waals surface area contributed by atoms with Crippen molar-refractivity contribution in [2.75, 3.05) is 25.1 Å². The Morgan fingerprint density at radius 2 is 2.18 bits per heavy atom. The quantitative estimate of drug-likeness (QED) is 0.872. The molecule has 0 bridgehead atoms. The third-order valence-corrected chi connectivity index (χ3v) is 4.10. The molecule has 2 rings (SSSR count). The summed E-state index contributed by atoms with van der Waals surface area (Å²) >= 11 is 1.97. The van der Waals surface area contributed by atoms with Crippen LogP contribution in [0.4, 0.5) is 5.82 Å². The van der Waals surface area contributed by atoms with E-state index in [4.69, 9.17) is 4.74 Å². The van der Waals surface area contributed by atoms with Crippen molar-refractivity contribution >= 4 is 17.6 Å². The highest BCUT2D eigenvalue weighted by Crippen LogP contribution is 2.24. The molecule has 0 spiro atoms. The minimum absolute atomic E-state index is 0.721. The summed E-state index contributed by atoms with van der Waals surface area (Å²) in [5.74, 6) is 1.80. The Kier molecular flexibility index (Phi) is 5.07. The van der Waals surface area contributed by atoms with E-state index in [0.29, 0.717) is 0 Å². The summed E-state index contributed by atoms with van der Waals surface area (Å²) in [5.41, 5.74) is 1.06. The molecule has 0 saturated carbocycles. The monoisotopic (exact) mass is 253 g/mol. The molecule has 1 fully saturated rings. The number of hydrogen-bond donors (Lipinski definition) is 1. The molecule has 94 valence electrons. The van der Waals surface area contributed by atoms with E-state index < -0.39 is 0 Å². The number of hydrogen-bond acceptors (Lipinski definition) is 5. The minimum atomic E-state index is 0.721. The van der Waals surface area contributed by atoms with Crippen LogP contribution in [0.15, 0.2) is 12.4 Å². The van der Waals surface area contributed by atoms with Crippen LogP contribution in [0.25, 0.3) is 0 Å². The van der Waals surface area contributed by atoms with Gasteiger partial charge in [-0.1, -0.05) is 0 Å². The topological polar surface area (TPSA) is 47.0 Å². The Balaban J connectivity index is 1.77. The van der Waals surface area contributed by atoms with Gasteiger partial charge in [-0.2, -0.15) is 11.8 Å². The third-order valence-electron chi connectivity index (χ3n) is 2.70. The number of aromatic nitrogens is 2. The fourth-order valence-corrected chi connectivity index (χ4v) is 2.83. The number of ether oxygens (including phenoxy) is 1. The van der Waals surface area contributed by atoms with Crippen molar-refractivity contribution in [2.24, 2.45) is 0 Å². The summed E-state index contributed by atoms with van der Waals surface area (Å²) in [6.07, 6.45) is 5.99. The third kappa shape index (κ3) is 4.16. The Labute approximate surface area is 107 Å². The molecule has 2 heterocycles. The van der Waals surface area contributed by atoms with Crippen molar-refractivity contribution in [1.29, 1.82) is 0 Å². The van der Waals surface area contributed by atoms with E-state index in [1.54, 1.807) is 0 Å². The van der Waals surface area contributed by atoms with E-state index >= 15 is 0 Å². The van der Waals surface area contributed by atoms with E-state index in [1.165, 1.54) is 0 Å². The fourth-order valence-electron chi connectivity index (χ4n) is 1.75. The van der Waals surface area contributed by atoms with E-state index in [9.17, 15) is 0 Å². The second kappa shape index (κ2) is 6.81. The predicted octanol–water partition coefficient (Wildman–Crippen LogP) is 2.32. The van der Waals surface area contributed by atoms with Gasteiger partial charge in [0.15, 0.2) is 0 Å². The summed E-state index contributed by atoms with van der Waals surface area (Å²) in [5, 5.41) is 3.86. The van der Waals surface area contributed by atoms with Gasteiger partial charge in [-0.15, -0.1) is 0 Å². The molecule has 0 atom stereocenters. The van der Waals surface area contributed by atoms with E-state index in [1.807, 2.05) is 24.2 Å². The van der Waals surface area contributed by atoms with Gasteiger partial charge < -0.3 is 10.1 Å². The normalized spacial score (nSPS) is 17.0. The molecule has 0 amide bonds. The second-order valence-corrected chi connectivity index (χ2v) is 5.33. The number of nitrogens with zero attached hydrogens (tertiary/aromatic N) is 2. The molecule has 0 radical (unpaired) electrons. The maximum absolute atomic E-state index is 5.34. The fraction of sp³-hybridized carbons (Fsp3) is 0.667. The first kappa shape index (κ1) is 12.6. The van der Waals surface area contributed by atoms with Crippen molar-refractivity contribution in [3.8, 4) is 0 Å². The first-order valence-corrected chi connectivity index (χ1v) is 7.17. The number of nitrogens with one attached hydrogen (secondary N) is 1. The second-order valence-electron chi connectivity index (χ2n) is 4.05. The highest BCUT2D eigenvalue weighted by Gasteiger charge is 2.14. The Hall–Kier alpha value is -0.810. The Morgan fingerprint density at radius 1 is 1.35 bits per heavy atom. The van der Waals surface area contributed by atoms with Crippen LogP contribution in [0.1, 0.15) is 25.5 Å². The largest absolute Gasteiger partial charge is 0.381 e. The lowest BCUT2D eigenvalue weighted by Gasteiger charge is -2.21. The summed E-state index contributed by atoms with van der Waals surface area (Å²) < 4.78 is 5.34. The molecule has 1 saturated heterocycles. The Bertz CT molecular complexity index is 325. The van der Waals surface area contributed by atoms with Gasteiger partial charge in [0.25, 0.3) is 0 Å². The van der Waals surface area contributed by atoms with Crippen LogP contribution in [0, 0.1) is 0 Å². The van der Waals surface area contributed by atoms with Crippen LogP contribution in [-0.2, 0) is 10.5 Å². The molecule has 0 unspecified atom stereocenters. The van der Waals surface area contributed by atoms with Crippen molar-refractivity contribution in [3.63, 3.8) is 0 Å². The molecule has 5 heteroatoms. The summed E-state index contributed by atoms with van der Waals surface area (Å²) in [7, 11) is 0. The SMILES string of the molecule is CCNc1cnc(CSC2CCOCC2)cn1. The van der Waals surface area contributed by atoms with Crippen LogP contribution in [0.2, 0.25) is 0 Å². The van der Waals surface area contributed by atoms with Crippen molar-refractivity contribution in [1.82, 2.24) is 9.97 Å². The first-order chi connectivity index (χ1) is 8.38. The lowest BCUT2D eigenvalue weighted by molar-refractivity contribution is 0.1000. The average molecular weight is 253 g/mol. The van der Waals surface area contributed by atoms with Crippen LogP contribution < -0.4 is 5.32 Å². The summed E-state index contributed by atoms with van der Waals surface area (Å²) in [6.45, 7) is 4.74. The van der Waals surface area contributed by atoms with Gasteiger partial charge in [-0.05, 0) is 19.8 Å². The highest BCUT2D eigenvalue weighted by atomic mass is 32.2. The van der Waals surface area contributed by atoms with E-state index in [0.717, 1.165) is 55.1 Å². The molecule has 1 aliphatic rings. The number of thioether (sulfide) groups is 1. The summed E-state index contributed by atoms with van der Waals surface area (Å²) in [6, 6.07) is 0. The standard InChI is InChI=1S/C12H19N3OS/c1-2-13-12-8-14-10(7-15-12)9-17-11-3-5-16-6-4-11/h7-8,11H,2-6,9H2,1H3,(H,13,15). The van der Waals surface area contributed by atoms with Crippen molar-refractivity contribution in [2.45, 2.75) is 30.8 Å². The van der Waals surface area contributed by atoms with Gasteiger partial charge in [0.2, 0.25) is 0 Å². The predicted molar refractivity (Wildman–Crippen MR) is 71.3 cm³/mol. The first-order valence-electron chi connectivity index (χ1n) is 6.12. The zero-order valence-electron chi connectivity index (χ0n) is 10.2. The van der Waals surface area contributed by atoms with Crippen LogP contribution in [-0.4, -0.2) is 35.0 Å². The molecular formula is C12H19N3OS. The number of rotatable bonds is 5. The number of anilines is 1. The maximum atomic E-state index is 5.34. The molecule has 17 heavy (non-hydrogen) atoms. The molecule has 1 aromatic rings. The van der Waals surface area contributed by atoms with Gasteiger partial charge in [0.1, 0.15) is 5.82 Å². The molecular weight excluding hydrogens is 234 g/mol. The van der Waals surface area contributed by atoms with Crippen molar-refractivity contribution < 1.29 is 4.74 Å². The zero-order valence-corrected chi connectivity index (χ0v) is 11.0. The zero-order chi connectivity index (χ0) is 11.9. The van der Waals surface area contributed by atoms with Crippen LogP contribution in [0.5, 0.6) is 0 Å². The molecule has 0 aromatic carbocycles. The molecule has 1 N–H and O–H groups in total. The van der Waals surface area contributed by atoms with E-state index in [2.05, 4.69) is 22.2 Å². The molecule has 1 aromatic heterocycles. The summed E-state index contributed by atoms with van der Waals surface area (Å²) in [4.78, 5) is 8.73. The van der Waals surface area contributed by atoms with Gasteiger partial charge in [0.05, 0.1) is 18.1 Å². The highest BCUT2D eigenvalue weighted by molar-refractivity contribution is 7.99. The smallest absolute Gasteiger partial charge is 0.144 e. The van der Waals surface area contributed by atoms with E-state index in [-0.39, 0.29) is 0 Å². The van der Waals surface area contributed by atoms with Crippen LogP contribution in [0.3, 0.4) is 0 Å². The van der Waals surface area contributed by atoms with Crippen molar-refractivity contribution in [3.05, 3.63) is 18.1 Å². The van der Waals surface area contributed by atoms with Gasteiger partial charge >= 0.3 is 0 Å². The lowest BCUT2D eigenvalue weighted by atomic mass is 10.2.